The van der Waals surface area contributed by atoms with Gasteiger partial charge in [-0.15, -0.1) is 0 Å². The SMILES string of the molecule is OC(=S)c1ncc2[nH]cnc2n1. The Morgan fingerprint density at radius 2 is 2.33 bits per heavy atom. The molecule has 5 nitrogen and oxygen atoms in total. The highest BCUT2D eigenvalue weighted by atomic mass is 32.1. The van der Waals surface area contributed by atoms with E-state index in [2.05, 4.69) is 32.2 Å². The molecular formula is C6H4N4OS. The maximum absolute atomic E-state index is 8.89. The van der Waals surface area contributed by atoms with Gasteiger partial charge >= 0.3 is 0 Å². The summed E-state index contributed by atoms with van der Waals surface area (Å²) in [4.78, 5) is 14.4. The molecule has 0 aromatic carbocycles. The topological polar surface area (TPSA) is 74.7 Å². The predicted molar refractivity (Wildman–Crippen MR) is 46.0 cm³/mol. The van der Waals surface area contributed by atoms with E-state index in [9.17, 15) is 0 Å². The number of aromatic nitrogens is 4. The van der Waals surface area contributed by atoms with E-state index in [4.69, 9.17) is 5.11 Å². The Morgan fingerprint density at radius 1 is 1.50 bits per heavy atom. The first kappa shape index (κ1) is 7.11. The van der Waals surface area contributed by atoms with Crippen LogP contribution in [0.3, 0.4) is 0 Å². The van der Waals surface area contributed by atoms with Crippen molar-refractivity contribution >= 4 is 28.4 Å². The molecule has 12 heavy (non-hydrogen) atoms. The number of nitrogens with zero attached hydrogens (tertiary/aromatic N) is 3. The molecule has 0 saturated carbocycles. The minimum absolute atomic E-state index is 0.129. The van der Waals surface area contributed by atoms with Gasteiger partial charge in [0, 0.05) is 0 Å². The minimum Gasteiger partial charge on any atom is -0.496 e. The fraction of sp³-hybridized carbons (Fsp3) is 0. The van der Waals surface area contributed by atoms with Gasteiger partial charge in [0.2, 0.25) is 10.9 Å². The van der Waals surface area contributed by atoms with E-state index in [-0.39, 0.29) is 10.9 Å². The number of nitrogens with one attached hydrogen (secondary N) is 1. The molecule has 0 saturated heterocycles. The van der Waals surface area contributed by atoms with Gasteiger partial charge in [-0.05, 0) is 12.2 Å². The standard InChI is InChI=1S/C6H4N4OS/c11-6(12)5-7-1-3-4(10-5)9-2-8-3/h1-2H,(H,11,12)(H,7,8,9,10). The number of aliphatic hydroxyl groups is 1. The van der Waals surface area contributed by atoms with Gasteiger partial charge in [0.05, 0.1) is 12.5 Å². The molecule has 0 spiro atoms. The van der Waals surface area contributed by atoms with Crippen molar-refractivity contribution in [2.75, 3.05) is 0 Å². The molecular weight excluding hydrogens is 176 g/mol. The van der Waals surface area contributed by atoms with Crippen LogP contribution in [0.5, 0.6) is 0 Å². The maximum atomic E-state index is 8.89. The lowest BCUT2D eigenvalue weighted by Gasteiger charge is -1.92. The fourth-order valence-electron chi connectivity index (χ4n) is 0.839. The van der Waals surface area contributed by atoms with Crippen molar-refractivity contribution in [1.82, 2.24) is 19.9 Å². The first-order chi connectivity index (χ1) is 5.77. The number of aromatic amines is 1. The van der Waals surface area contributed by atoms with Gasteiger partial charge in [-0.2, -0.15) is 0 Å². The Bertz CT molecular complexity index is 438. The first-order valence-electron chi connectivity index (χ1n) is 3.17. The van der Waals surface area contributed by atoms with Crippen LogP contribution in [0.1, 0.15) is 5.82 Å². The molecule has 2 N–H and O–H groups in total. The Labute approximate surface area is 72.5 Å². The molecule has 0 unspecified atom stereocenters. The number of aliphatic hydroxyl groups excluding tert-OH is 1. The zero-order chi connectivity index (χ0) is 8.55. The summed E-state index contributed by atoms with van der Waals surface area (Å²) in [6, 6.07) is 0. The fourth-order valence-corrected chi connectivity index (χ4v) is 0.937. The van der Waals surface area contributed by atoms with Crippen molar-refractivity contribution in [3.05, 3.63) is 18.3 Å². The lowest BCUT2D eigenvalue weighted by molar-refractivity contribution is 0.565. The molecule has 0 aliphatic heterocycles. The third-order valence-corrected chi connectivity index (χ3v) is 1.55. The summed E-state index contributed by atoms with van der Waals surface area (Å²) in [6.07, 6.45) is 3.02. The molecule has 2 rings (SSSR count). The minimum atomic E-state index is -0.320. The molecule has 0 fully saturated rings. The van der Waals surface area contributed by atoms with E-state index in [1.165, 1.54) is 12.5 Å². The quantitative estimate of drug-likeness (QED) is 0.628. The summed E-state index contributed by atoms with van der Waals surface area (Å²) in [5.74, 6) is 0.129. The van der Waals surface area contributed by atoms with Crippen molar-refractivity contribution < 1.29 is 5.11 Å². The number of thiocarbonyl (C=S) groups is 1. The van der Waals surface area contributed by atoms with E-state index >= 15 is 0 Å². The number of fused-ring (bicyclic) bond motifs is 1. The van der Waals surface area contributed by atoms with E-state index in [1.54, 1.807) is 0 Å². The molecule has 0 aliphatic carbocycles. The molecule has 0 amide bonds. The molecule has 2 heterocycles. The van der Waals surface area contributed by atoms with E-state index in [0.29, 0.717) is 5.65 Å². The second-order valence-electron chi connectivity index (χ2n) is 2.14. The van der Waals surface area contributed by atoms with Crippen LogP contribution in [0.25, 0.3) is 11.2 Å². The first-order valence-corrected chi connectivity index (χ1v) is 3.57. The van der Waals surface area contributed by atoms with Crippen molar-refractivity contribution in [1.29, 1.82) is 0 Å². The molecule has 0 bridgehead atoms. The Hall–Kier alpha value is -1.56. The number of hydrogen-bond acceptors (Lipinski definition) is 4. The zero-order valence-corrected chi connectivity index (χ0v) is 6.67. The van der Waals surface area contributed by atoms with Gasteiger partial charge in [-0.25, -0.2) is 15.0 Å². The van der Waals surface area contributed by atoms with Crippen LogP contribution < -0.4 is 0 Å². The summed E-state index contributed by atoms with van der Waals surface area (Å²) < 4.78 is 0. The summed E-state index contributed by atoms with van der Waals surface area (Å²) in [5, 5.41) is 8.57. The predicted octanol–water partition coefficient (Wildman–Crippen LogP) is 0.586. The second kappa shape index (κ2) is 2.49. The summed E-state index contributed by atoms with van der Waals surface area (Å²) in [7, 11) is 0. The van der Waals surface area contributed by atoms with Crippen LogP contribution in [0, 0.1) is 0 Å². The lowest BCUT2D eigenvalue weighted by Crippen LogP contribution is -2.01. The molecule has 0 aliphatic rings. The third-order valence-electron chi connectivity index (χ3n) is 1.37. The highest BCUT2D eigenvalue weighted by molar-refractivity contribution is 7.80. The Morgan fingerprint density at radius 3 is 3.08 bits per heavy atom. The van der Waals surface area contributed by atoms with Gasteiger partial charge in [-0.1, -0.05) is 0 Å². The number of hydrogen-bond donors (Lipinski definition) is 2. The lowest BCUT2D eigenvalue weighted by atomic mass is 10.5. The molecule has 2 aromatic rings. The molecule has 6 heteroatoms. The highest BCUT2D eigenvalue weighted by Gasteiger charge is 2.04. The number of rotatable bonds is 1. The van der Waals surface area contributed by atoms with Gasteiger partial charge in [-0.3, -0.25) is 0 Å². The highest BCUT2D eigenvalue weighted by Crippen LogP contribution is 2.03. The van der Waals surface area contributed by atoms with Gasteiger partial charge in [0.1, 0.15) is 5.52 Å². The summed E-state index contributed by atoms with van der Waals surface area (Å²) in [6.45, 7) is 0. The molecule has 0 radical (unpaired) electrons. The third kappa shape index (κ3) is 1.02. The van der Waals surface area contributed by atoms with E-state index in [0.717, 1.165) is 5.52 Å². The van der Waals surface area contributed by atoms with Crippen LogP contribution in [0.15, 0.2) is 12.5 Å². The van der Waals surface area contributed by atoms with E-state index < -0.39 is 0 Å². The van der Waals surface area contributed by atoms with Crippen LogP contribution in [-0.2, 0) is 0 Å². The van der Waals surface area contributed by atoms with Gasteiger partial charge in [0.25, 0.3) is 0 Å². The molecule has 60 valence electrons. The van der Waals surface area contributed by atoms with Crippen LogP contribution in [0.4, 0.5) is 0 Å². The summed E-state index contributed by atoms with van der Waals surface area (Å²) in [5.41, 5.74) is 1.21. The van der Waals surface area contributed by atoms with E-state index in [1.807, 2.05) is 0 Å². The van der Waals surface area contributed by atoms with Crippen molar-refractivity contribution in [3.63, 3.8) is 0 Å². The number of imidazole rings is 1. The second-order valence-corrected chi connectivity index (χ2v) is 2.53. The van der Waals surface area contributed by atoms with Crippen LogP contribution in [-0.4, -0.2) is 30.1 Å². The Balaban J connectivity index is 2.68. The molecule has 0 atom stereocenters. The smallest absolute Gasteiger partial charge is 0.227 e. The maximum Gasteiger partial charge on any atom is 0.227 e. The van der Waals surface area contributed by atoms with Crippen molar-refractivity contribution in [2.24, 2.45) is 0 Å². The number of H-pyrrole nitrogens is 1. The largest absolute Gasteiger partial charge is 0.496 e. The van der Waals surface area contributed by atoms with Crippen molar-refractivity contribution in [3.8, 4) is 0 Å². The normalized spacial score (nSPS) is 10.3. The molecule has 2 aromatic heterocycles. The average molecular weight is 180 g/mol. The van der Waals surface area contributed by atoms with Gasteiger partial charge < -0.3 is 10.1 Å². The monoisotopic (exact) mass is 180 g/mol. The Kier molecular flexibility index (Phi) is 1.47. The van der Waals surface area contributed by atoms with Crippen molar-refractivity contribution in [2.45, 2.75) is 0 Å². The van der Waals surface area contributed by atoms with Crippen LogP contribution >= 0.6 is 12.2 Å². The zero-order valence-electron chi connectivity index (χ0n) is 5.85. The average Bonchev–Trinajstić information content (AvgIpc) is 2.49. The summed E-state index contributed by atoms with van der Waals surface area (Å²) >= 11 is 4.49. The van der Waals surface area contributed by atoms with Crippen LogP contribution in [0.2, 0.25) is 0 Å². The van der Waals surface area contributed by atoms with Gasteiger partial charge in [0.15, 0.2) is 5.65 Å².